The largest absolute Gasteiger partial charge is 0.343 e. The third-order valence-corrected chi connectivity index (χ3v) is 4.73. The number of hydrogen-bond acceptors (Lipinski definition) is 2. The lowest BCUT2D eigenvalue weighted by Crippen LogP contribution is -2.30. The normalized spacial score (nSPS) is 17.8. The van der Waals surface area contributed by atoms with Crippen molar-refractivity contribution in [1.29, 1.82) is 0 Å². The molecule has 1 fully saturated rings. The molecule has 0 spiro atoms. The fourth-order valence-electron chi connectivity index (χ4n) is 2.32. The minimum absolute atomic E-state index is 0.339. The van der Waals surface area contributed by atoms with Crippen molar-refractivity contribution >= 4 is 17.7 Å². The Morgan fingerprint density at radius 1 is 1.06 bits per heavy atom. The molecule has 18 heavy (non-hydrogen) atoms. The van der Waals surface area contributed by atoms with Crippen LogP contribution in [0.3, 0.4) is 0 Å². The molecular formula is C15H29NOS. The topological polar surface area (TPSA) is 20.3 Å². The fourth-order valence-corrected chi connectivity index (χ4v) is 2.96. The molecule has 0 aromatic carbocycles. The first kappa shape index (κ1) is 15.9. The number of carbonyl (C=O) groups is 1. The van der Waals surface area contributed by atoms with Gasteiger partial charge in [-0.15, -0.1) is 0 Å². The molecular weight excluding hydrogens is 242 g/mol. The van der Waals surface area contributed by atoms with E-state index in [2.05, 4.69) is 25.6 Å². The summed E-state index contributed by atoms with van der Waals surface area (Å²) in [6, 6.07) is 0. The Morgan fingerprint density at radius 3 is 2.17 bits per heavy atom. The molecule has 1 heterocycles. The van der Waals surface area contributed by atoms with Crippen molar-refractivity contribution in [2.24, 2.45) is 0 Å². The predicted octanol–water partition coefficient (Wildman–Crippen LogP) is 4.09. The Balaban J connectivity index is 1.83. The minimum Gasteiger partial charge on any atom is -0.343 e. The van der Waals surface area contributed by atoms with Crippen LogP contribution in [0.2, 0.25) is 0 Å². The molecule has 106 valence electrons. The van der Waals surface area contributed by atoms with Gasteiger partial charge >= 0.3 is 0 Å². The smallest absolute Gasteiger partial charge is 0.222 e. The molecule has 0 radical (unpaired) electrons. The molecule has 1 atom stereocenters. The Bertz CT molecular complexity index is 225. The standard InChI is InChI=1S/C15H29NOS/c1-3-16(4-2)15(17)12-10-8-6-5-7-9-11-14-13-18-14/h14H,3-13H2,1-2H3. The Labute approximate surface area is 117 Å². The lowest BCUT2D eigenvalue weighted by molar-refractivity contribution is -0.130. The van der Waals surface area contributed by atoms with E-state index >= 15 is 0 Å². The second-order valence-electron chi connectivity index (χ2n) is 5.18. The molecule has 1 amide bonds. The Morgan fingerprint density at radius 2 is 1.61 bits per heavy atom. The van der Waals surface area contributed by atoms with Crippen LogP contribution in [-0.4, -0.2) is 34.9 Å². The average Bonchev–Trinajstić information content (AvgIpc) is 3.18. The predicted molar refractivity (Wildman–Crippen MR) is 81.1 cm³/mol. The summed E-state index contributed by atoms with van der Waals surface area (Å²) in [4.78, 5) is 13.7. The molecule has 1 aliphatic heterocycles. The zero-order chi connectivity index (χ0) is 13.2. The second-order valence-corrected chi connectivity index (χ2v) is 6.51. The van der Waals surface area contributed by atoms with Gasteiger partial charge in [0.05, 0.1) is 0 Å². The van der Waals surface area contributed by atoms with E-state index in [0.717, 1.165) is 31.2 Å². The number of hydrogen-bond donors (Lipinski definition) is 0. The summed E-state index contributed by atoms with van der Waals surface area (Å²) in [7, 11) is 0. The summed E-state index contributed by atoms with van der Waals surface area (Å²) >= 11 is 2.11. The van der Waals surface area contributed by atoms with Crippen molar-refractivity contribution in [3.63, 3.8) is 0 Å². The number of thioether (sulfide) groups is 1. The summed E-state index contributed by atoms with van der Waals surface area (Å²) < 4.78 is 0. The van der Waals surface area contributed by atoms with Gasteiger partial charge in [0.25, 0.3) is 0 Å². The van der Waals surface area contributed by atoms with Gasteiger partial charge in [0.2, 0.25) is 5.91 Å². The minimum atomic E-state index is 0.339. The maximum absolute atomic E-state index is 11.7. The van der Waals surface area contributed by atoms with Gasteiger partial charge < -0.3 is 4.90 Å². The summed E-state index contributed by atoms with van der Waals surface area (Å²) in [6.45, 7) is 5.82. The molecule has 2 nitrogen and oxygen atoms in total. The van der Waals surface area contributed by atoms with Crippen LogP contribution in [0.5, 0.6) is 0 Å². The van der Waals surface area contributed by atoms with Gasteiger partial charge in [0.1, 0.15) is 0 Å². The van der Waals surface area contributed by atoms with Gasteiger partial charge in [-0.1, -0.05) is 32.1 Å². The Kier molecular flexibility index (Phi) is 8.57. The molecule has 0 aromatic heterocycles. The van der Waals surface area contributed by atoms with Crippen molar-refractivity contribution in [2.45, 2.75) is 70.5 Å². The summed E-state index contributed by atoms with van der Waals surface area (Å²) in [6.07, 6.45) is 9.96. The highest BCUT2D eigenvalue weighted by atomic mass is 32.2. The summed E-state index contributed by atoms with van der Waals surface area (Å²) in [5, 5.41) is 1.01. The van der Waals surface area contributed by atoms with Gasteiger partial charge in [-0.05, 0) is 26.7 Å². The van der Waals surface area contributed by atoms with E-state index in [1.807, 2.05) is 4.90 Å². The van der Waals surface area contributed by atoms with Crippen LogP contribution in [0.1, 0.15) is 65.2 Å². The van der Waals surface area contributed by atoms with Crippen LogP contribution in [0, 0.1) is 0 Å². The van der Waals surface area contributed by atoms with Crippen molar-refractivity contribution in [3.05, 3.63) is 0 Å². The first-order chi connectivity index (χ1) is 8.77. The number of unbranched alkanes of at least 4 members (excludes halogenated alkanes) is 5. The number of rotatable bonds is 11. The molecule has 3 heteroatoms. The fraction of sp³-hybridized carbons (Fsp3) is 0.933. The van der Waals surface area contributed by atoms with Gasteiger partial charge in [0, 0.05) is 30.5 Å². The lowest BCUT2D eigenvalue weighted by Gasteiger charge is -2.18. The van der Waals surface area contributed by atoms with Crippen LogP contribution in [-0.2, 0) is 4.79 Å². The summed E-state index contributed by atoms with van der Waals surface area (Å²) in [5.41, 5.74) is 0. The van der Waals surface area contributed by atoms with Crippen LogP contribution in [0.25, 0.3) is 0 Å². The molecule has 0 bridgehead atoms. The molecule has 1 rings (SSSR count). The van der Waals surface area contributed by atoms with Crippen molar-refractivity contribution in [2.75, 3.05) is 18.8 Å². The van der Waals surface area contributed by atoms with Crippen molar-refractivity contribution in [3.8, 4) is 0 Å². The third-order valence-electron chi connectivity index (χ3n) is 3.69. The van der Waals surface area contributed by atoms with E-state index < -0.39 is 0 Å². The van der Waals surface area contributed by atoms with Crippen LogP contribution in [0.15, 0.2) is 0 Å². The van der Waals surface area contributed by atoms with E-state index in [-0.39, 0.29) is 0 Å². The molecule has 0 saturated carbocycles. The quantitative estimate of drug-likeness (QED) is 0.417. The van der Waals surface area contributed by atoms with Crippen LogP contribution < -0.4 is 0 Å². The van der Waals surface area contributed by atoms with Gasteiger partial charge in [0.15, 0.2) is 0 Å². The molecule has 1 saturated heterocycles. The molecule has 1 aliphatic rings. The van der Waals surface area contributed by atoms with E-state index in [4.69, 9.17) is 0 Å². The van der Waals surface area contributed by atoms with E-state index in [1.54, 1.807) is 0 Å². The summed E-state index contributed by atoms with van der Waals surface area (Å²) in [5.74, 6) is 1.75. The van der Waals surface area contributed by atoms with Crippen molar-refractivity contribution in [1.82, 2.24) is 4.90 Å². The van der Waals surface area contributed by atoms with Crippen LogP contribution in [0.4, 0.5) is 0 Å². The zero-order valence-electron chi connectivity index (χ0n) is 12.1. The molecule has 0 N–H and O–H groups in total. The van der Waals surface area contributed by atoms with E-state index in [0.29, 0.717) is 5.91 Å². The number of nitrogens with zero attached hydrogens (tertiary/aromatic N) is 1. The zero-order valence-corrected chi connectivity index (χ0v) is 12.9. The van der Waals surface area contributed by atoms with Gasteiger partial charge in [-0.2, -0.15) is 11.8 Å². The number of carbonyl (C=O) groups excluding carboxylic acids is 1. The van der Waals surface area contributed by atoms with Gasteiger partial charge in [-0.3, -0.25) is 4.79 Å². The lowest BCUT2D eigenvalue weighted by atomic mass is 10.1. The SMILES string of the molecule is CCN(CC)C(=O)CCCCCCCCC1CS1. The highest BCUT2D eigenvalue weighted by molar-refractivity contribution is 8.06. The first-order valence-corrected chi connectivity index (χ1v) is 8.72. The Hall–Kier alpha value is -0.180. The maximum atomic E-state index is 11.7. The highest BCUT2D eigenvalue weighted by Gasteiger charge is 2.20. The monoisotopic (exact) mass is 271 g/mol. The highest BCUT2D eigenvalue weighted by Crippen LogP contribution is 2.34. The first-order valence-electron chi connectivity index (χ1n) is 7.67. The molecule has 1 unspecified atom stereocenters. The molecule has 0 aliphatic carbocycles. The maximum Gasteiger partial charge on any atom is 0.222 e. The van der Waals surface area contributed by atoms with Crippen molar-refractivity contribution < 1.29 is 4.79 Å². The second kappa shape index (κ2) is 9.71. The molecule has 0 aromatic rings. The average molecular weight is 271 g/mol. The van der Waals surface area contributed by atoms with E-state index in [9.17, 15) is 4.79 Å². The van der Waals surface area contributed by atoms with E-state index in [1.165, 1.54) is 44.3 Å². The van der Waals surface area contributed by atoms with Gasteiger partial charge in [-0.25, -0.2) is 0 Å². The third kappa shape index (κ3) is 7.30. The number of amides is 1. The van der Waals surface area contributed by atoms with Crippen LogP contribution >= 0.6 is 11.8 Å².